The van der Waals surface area contributed by atoms with Gasteiger partial charge in [-0.25, -0.2) is 18.7 Å². The summed E-state index contributed by atoms with van der Waals surface area (Å²) in [4.78, 5) is 8.51. The molecule has 94 valence electrons. The van der Waals surface area contributed by atoms with Gasteiger partial charge >= 0.3 is 0 Å². The molecule has 18 heavy (non-hydrogen) atoms. The second-order valence-electron chi connectivity index (χ2n) is 3.89. The zero-order valence-corrected chi connectivity index (χ0v) is 10.1. The zero-order chi connectivity index (χ0) is 13.1. The van der Waals surface area contributed by atoms with E-state index in [1.54, 1.807) is 25.2 Å². The van der Waals surface area contributed by atoms with Gasteiger partial charge < -0.3 is 5.32 Å². The molecule has 0 unspecified atom stereocenters. The van der Waals surface area contributed by atoms with E-state index in [2.05, 4.69) is 15.3 Å². The van der Waals surface area contributed by atoms with Crippen molar-refractivity contribution in [2.75, 3.05) is 12.4 Å². The summed E-state index contributed by atoms with van der Waals surface area (Å²) in [5.74, 6) is 1.11. The van der Waals surface area contributed by atoms with Gasteiger partial charge in [-0.1, -0.05) is 18.2 Å². The lowest BCUT2D eigenvalue weighted by Gasteiger charge is -2.07. The molecule has 0 amide bonds. The molecular weight excluding hydrogens is 236 g/mol. The maximum atomic E-state index is 12.6. The molecule has 0 spiro atoms. The Bertz CT molecular complexity index is 556. The molecule has 1 heterocycles. The number of benzene rings is 1. The average Bonchev–Trinajstić information content (AvgIpc) is 2.38. The van der Waals surface area contributed by atoms with Crippen molar-refractivity contribution in [1.29, 1.82) is 0 Å². The predicted molar refractivity (Wildman–Crippen MR) is 66.7 cm³/mol. The smallest absolute Gasteiger partial charge is 0.263 e. The van der Waals surface area contributed by atoms with Crippen molar-refractivity contribution in [2.45, 2.75) is 13.3 Å². The highest BCUT2D eigenvalue weighted by Crippen LogP contribution is 2.24. The van der Waals surface area contributed by atoms with Gasteiger partial charge in [0.15, 0.2) is 5.82 Å². The fourth-order valence-corrected chi connectivity index (χ4v) is 1.64. The average molecular weight is 249 g/mol. The largest absolute Gasteiger partial charge is 0.373 e. The molecule has 0 atom stereocenters. The number of hydrogen-bond acceptors (Lipinski definition) is 3. The highest BCUT2D eigenvalue weighted by molar-refractivity contribution is 5.58. The van der Waals surface area contributed by atoms with Crippen molar-refractivity contribution in [3.05, 3.63) is 41.6 Å². The van der Waals surface area contributed by atoms with Crippen LogP contribution in [0.1, 0.15) is 17.7 Å². The molecule has 0 saturated carbocycles. The molecule has 5 heteroatoms. The molecule has 0 saturated heterocycles. The first-order valence-electron chi connectivity index (χ1n) is 5.52. The van der Waals surface area contributed by atoms with E-state index in [0.29, 0.717) is 17.2 Å². The first-order valence-corrected chi connectivity index (χ1v) is 5.52. The molecule has 2 aromatic rings. The van der Waals surface area contributed by atoms with E-state index in [9.17, 15) is 8.78 Å². The van der Waals surface area contributed by atoms with Crippen LogP contribution >= 0.6 is 0 Å². The number of halogens is 2. The minimum Gasteiger partial charge on any atom is -0.373 e. The molecule has 2 rings (SSSR count). The van der Waals surface area contributed by atoms with Gasteiger partial charge in [-0.3, -0.25) is 0 Å². The third kappa shape index (κ3) is 2.61. The summed E-state index contributed by atoms with van der Waals surface area (Å²) in [5, 5.41) is 2.92. The molecule has 0 bridgehead atoms. The molecule has 0 aliphatic carbocycles. The summed E-state index contributed by atoms with van der Waals surface area (Å²) in [5.41, 5.74) is 1.35. The van der Waals surface area contributed by atoms with Crippen LogP contribution < -0.4 is 5.32 Å². The summed E-state index contributed by atoms with van der Waals surface area (Å²) in [6.07, 6.45) is -2.49. The Morgan fingerprint density at radius 2 is 1.94 bits per heavy atom. The quantitative estimate of drug-likeness (QED) is 0.905. The number of rotatable bonds is 3. The maximum Gasteiger partial charge on any atom is 0.263 e. The highest BCUT2D eigenvalue weighted by Gasteiger charge is 2.10. The van der Waals surface area contributed by atoms with Gasteiger partial charge in [-0.15, -0.1) is 0 Å². The van der Waals surface area contributed by atoms with E-state index in [1.807, 2.05) is 6.92 Å². The highest BCUT2D eigenvalue weighted by atomic mass is 19.3. The standard InChI is InChI=1S/C13H13F2N3/c1-8-6-11(16-2)18-13(17-8)10-5-3-4-9(7-10)12(14)15/h3-7,12H,1-2H3,(H,16,17,18). The Kier molecular flexibility index (Phi) is 3.50. The van der Waals surface area contributed by atoms with Gasteiger partial charge in [0.05, 0.1) is 0 Å². The topological polar surface area (TPSA) is 37.8 Å². The molecule has 1 N–H and O–H groups in total. The van der Waals surface area contributed by atoms with Crippen LogP contribution in [-0.4, -0.2) is 17.0 Å². The summed E-state index contributed by atoms with van der Waals surface area (Å²) < 4.78 is 25.3. The fourth-order valence-electron chi connectivity index (χ4n) is 1.64. The Labute approximate surface area is 104 Å². The van der Waals surface area contributed by atoms with Crippen molar-refractivity contribution < 1.29 is 8.78 Å². The normalized spacial score (nSPS) is 10.7. The lowest BCUT2D eigenvalue weighted by atomic mass is 10.1. The number of anilines is 1. The van der Waals surface area contributed by atoms with Crippen molar-refractivity contribution in [3.63, 3.8) is 0 Å². The van der Waals surface area contributed by atoms with Crippen molar-refractivity contribution in [3.8, 4) is 11.4 Å². The van der Waals surface area contributed by atoms with E-state index in [1.165, 1.54) is 12.1 Å². The number of aromatic nitrogens is 2. The van der Waals surface area contributed by atoms with E-state index in [-0.39, 0.29) is 5.56 Å². The van der Waals surface area contributed by atoms with Gasteiger partial charge in [0.25, 0.3) is 6.43 Å². The monoisotopic (exact) mass is 249 g/mol. The van der Waals surface area contributed by atoms with Gasteiger partial charge in [0.1, 0.15) is 5.82 Å². The molecule has 0 fully saturated rings. The van der Waals surface area contributed by atoms with Crippen LogP contribution in [0.4, 0.5) is 14.6 Å². The van der Waals surface area contributed by atoms with Crippen molar-refractivity contribution in [1.82, 2.24) is 9.97 Å². The number of nitrogens with one attached hydrogen (secondary N) is 1. The molecule has 0 aliphatic heterocycles. The summed E-state index contributed by atoms with van der Waals surface area (Å²) >= 11 is 0. The van der Waals surface area contributed by atoms with Gasteiger partial charge in [-0.2, -0.15) is 0 Å². The fraction of sp³-hybridized carbons (Fsp3) is 0.231. The van der Waals surface area contributed by atoms with Crippen LogP contribution in [0.5, 0.6) is 0 Å². The van der Waals surface area contributed by atoms with Crippen molar-refractivity contribution >= 4 is 5.82 Å². The van der Waals surface area contributed by atoms with E-state index >= 15 is 0 Å². The Hall–Kier alpha value is -2.04. The summed E-state index contributed by atoms with van der Waals surface area (Å²) in [7, 11) is 1.75. The van der Waals surface area contributed by atoms with Crippen molar-refractivity contribution in [2.24, 2.45) is 0 Å². The summed E-state index contributed by atoms with van der Waals surface area (Å²) in [6.45, 7) is 1.84. The molecule has 1 aromatic carbocycles. The summed E-state index contributed by atoms with van der Waals surface area (Å²) in [6, 6.07) is 7.91. The minimum atomic E-state index is -2.49. The minimum absolute atomic E-state index is 0.0244. The van der Waals surface area contributed by atoms with Gasteiger partial charge in [0, 0.05) is 29.9 Å². The SMILES string of the molecule is CNc1cc(C)nc(-c2cccc(C(F)F)c2)n1. The predicted octanol–water partition coefficient (Wildman–Crippen LogP) is 3.43. The zero-order valence-electron chi connectivity index (χ0n) is 10.1. The van der Waals surface area contributed by atoms with E-state index in [4.69, 9.17) is 0 Å². The second-order valence-corrected chi connectivity index (χ2v) is 3.89. The molecule has 1 aromatic heterocycles. The van der Waals surface area contributed by atoms with Crippen LogP contribution in [0, 0.1) is 6.92 Å². The van der Waals surface area contributed by atoms with E-state index < -0.39 is 6.43 Å². The first kappa shape index (κ1) is 12.4. The lowest BCUT2D eigenvalue weighted by molar-refractivity contribution is 0.151. The Morgan fingerprint density at radius 3 is 2.61 bits per heavy atom. The lowest BCUT2D eigenvalue weighted by Crippen LogP contribution is -1.98. The number of alkyl halides is 2. The number of nitrogens with zero attached hydrogens (tertiary/aromatic N) is 2. The Morgan fingerprint density at radius 1 is 1.17 bits per heavy atom. The maximum absolute atomic E-state index is 12.6. The third-order valence-corrected chi connectivity index (χ3v) is 2.51. The number of aryl methyl sites for hydroxylation is 1. The van der Waals surface area contributed by atoms with Gasteiger partial charge in [-0.05, 0) is 13.0 Å². The second kappa shape index (κ2) is 5.08. The van der Waals surface area contributed by atoms with Crippen LogP contribution in [0.3, 0.4) is 0 Å². The first-order chi connectivity index (χ1) is 8.60. The van der Waals surface area contributed by atoms with Gasteiger partial charge in [0.2, 0.25) is 0 Å². The van der Waals surface area contributed by atoms with Crippen LogP contribution in [-0.2, 0) is 0 Å². The molecule has 3 nitrogen and oxygen atoms in total. The third-order valence-electron chi connectivity index (χ3n) is 2.51. The van der Waals surface area contributed by atoms with Crippen LogP contribution in [0.2, 0.25) is 0 Å². The molecule has 0 radical (unpaired) electrons. The Balaban J connectivity index is 2.47. The molecular formula is C13H13F2N3. The molecule has 0 aliphatic rings. The van der Waals surface area contributed by atoms with E-state index in [0.717, 1.165) is 5.69 Å². The van der Waals surface area contributed by atoms with Crippen LogP contribution in [0.15, 0.2) is 30.3 Å². The van der Waals surface area contributed by atoms with Crippen LogP contribution in [0.25, 0.3) is 11.4 Å². The number of hydrogen-bond donors (Lipinski definition) is 1.